The molecule has 120 valence electrons. The number of benzene rings is 2. The van der Waals surface area contributed by atoms with E-state index in [4.69, 9.17) is 4.74 Å². The highest BCUT2D eigenvalue weighted by molar-refractivity contribution is 9.10. The molecule has 0 spiro atoms. The number of nitrogens with one attached hydrogen (secondary N) is 1. The van der Waals surface area contributed by atoms with E-state index in [1.165, 1.54) is 18.2 Å². The Morgan fingerprint density at radius 2 is 1.91 bits per heavy atom. The van der Waals surface area contributed by atoms with Gasteiger partial charge in [0, 0.05) is 10.5 Å². The van der Waals surface area contributed by atoms with E-state index in [1.54, 1.807) is 0 Å². The van der Waals surface area contributed by atoms with Gasteiger partial charge >= 0.3 is 5.97 Å². The molecule has 1 amide bonds. The summed E-state index contributed by atoms with van der Waals surface area (Å²) in [7, 11) is 0. The Labute approximate surface area is 138 Å². The number of hydrogen-bond donors (Lipinski definition) is 2. The molecule has 0 aliphatic carbocycles. The van der Waals surface area contributed by atoms with Gasteiger partial charge in [-0.15, -0.1) is 0 Å². The summed E-state index contributed by atoms with van der Waals surface area (Å²) < 4.78 is 31.4. The monoisotopic (exact) mass is 385 g/mol. The zero-order valence-electron chi connectivity index (χ0n) is 11.5. The Bertz CT molecular complexity index is 767. The van der Waals surface area contributed by atoms with Crippen molar-refractivity contribution in [3.8, 4) is 5.75 Å². The molecule has 0 bridgehead atoms. The van der Waals surface area contributed by atoms with Gasteiger partial charge in [0.25, 0.3) is 5.91 Å². The van der Waals surface area contributed by atoms with Crippen molar-refractivity contribution < 1.29 is 28.2 Å². The van der Waals surface area contributed by atoms with Gasteiger partial charge in [0.1, 0.15) is 22.9 Å². The van der Waals surface area contributed by atoms with Gasteiger partial charge in [-0.05, 0) is 30.3 Å². The molecule has 23 heavy (non-hydrogen) atoms. The first-order chi connectivity index (χ1) is 10.9. The third-order valence-corrected chi connectivity index (χ3v) is 3.21. The quantitative estimate of drug-likeness (QED) is 0.792. The number of halogens is 3. The van der Waals surface area contributed by atoms with Crippen LogP contribution in [0.15, 0.2) is 40.9 Å². The third-order valence-electron chi connectivity index (χ3n) is 2.72. The maximum Gasteiger partial charge on any atom is 0.342 e. The standard InChI is InChI=1S/C15H10BrF2NO4/c16-8-1-4-13(20)10(5-8)15(22)23-7-14(21)19-12-3-2-9(17)6-11(12)18/h1-6,20H,7H2,(H,19,21). The highest BCUT2D eigenvalue weighted by atomic mass is 79.9. The fourth-order valence-corrected chi connectivity index (χ4v) is 2.02. The SMILES string of the molecule is O=C(COC(=O)c1cc(Br)ccc1O)Nc1ccc(F)cc1F. The molecule has 0 aliphatic rings. The lowest BCUT2D eigenvalue weighted by Gasteiger charge is -2.08. The number of amides is 1. The summed E-state index contributed by atoms with van der Waals surface area (Å²) in [6, 6.07) is 6.77. The Morgan fingerprint density at radius 3 is 2.61 bits per heavy atom. The minimum absolute atomic E-state index is 0.125. The lowest BCUT2D eigenvalue weighted by Crippen LogP contribution is -2.21. The normalized spacial score (nSPS) is 10.2. The van der Waals surface area contributed by atoms with Crippen molar-refractivity contribution in [1.82, 2.24) is 0 Å². The summed E-state index contributed by atoms with van der Waals surface area (Å²) in [4.78, 5) is 23.4. The molecule has 0 unspecified atom stereocenters. The van der Waals surface area contributed by atoms with Crippen LogP contribution in [0.3, 0.4) is 0 Å². The van der Waals surface area contributed by atoms with Gasteiger partial charge in [-0.1, -0.05) is 15.9 Å². The molecule has 0 aliphatic heterocycles. The molecule has 0 saturated heterocycles. The second-order valence-electron chi connectivity index (χ2n) is 4.41. The Kier molecular flexibility index (Phi) is 5.28. The van der Waals surface area contributed by atoms with Gasteiger partial charge in [0.05, 0.1) is 5.69 Å². The summed E-state index contributed by atoms with van der Waals surface area (Å²) >= 11 is 3.13. The van der Waals surface area contributed by atoms with E-state index in [0.29, 0.717) is 10.5 Å². The highest BCUT2D eigenvalue weighted by Gasteiger charge is 2.15. The Morgan fingerprint density at radius 1 is 1.17 bits per heavy atom. The van der Waals surface area contributed by atoms with Crippen LogP contribution in [0.2, 0.25) is 0 Å². The van der Waals surface area contributed by atoms with Gasteiger partial charge in [0.2, 0.25) is 0 Å². The van der Waals surface area contributed by atoms with Crippen molar-refractivity contribution in [2.75, 3.05) is 11.9 Å². The minimum atomic E-state index is -0.950. The largest absolute Gasteiger partial charge is 0.507 e. The summed E-state index contributed by atoms with van der Waals surface area (Å²) in [5, 5.41) is 11.7. The average molecular weight is 386 g/mol. The van der Waals surface area contributed by atoms with Gasteiger partial charge in [-0.3, -0.25) is 4.79 Å². The number of hydrogen-bond acceptors (Lipinski definition) is 4. The molecule has 2 aromatic rings. The molecule has 2 N–H and O–H groups in total. The van der Waals surface area contributed by atoms with Crippen molar-refractivity contribution in [2.45, 2.75) is 0 Å². The first-order valence-corrected chi connectivity index (χ1v) is 7.06. The van der Waals surface area contributed by atoms with Gasteiger partial charge in [-0.25, -0.2) is 13.6 Å². The molecule has 8 heteroatoms. The van der Waals surface area contributed by atoms with Crippen molar-refractivity contribution in [3.63, 3.8) is 0 Å². The number of carbonyl (C=O) groups excluding carboxylic acids is 2. The van der Waals surface area contributed by atoms with Crippen LogP contribution in [0.4, 0.5) is 14.5 Å². The Hall–Kier alpha value is -2.48. The number of aromatic hydroxyl groups is 1. The zero-order valence-corrected chi connectivity index (χ0v) is 13.1. The fourth-order valence-electron chi connectivity index (χ4n) is 1.66. The predicted octanol–water partition coefficient (Wildman–Crippen LogP) is 3.23. The summed E-state index contributed by atoms with van der Waals surface area (Å²) in [5.74, 6) is -3.76. The van der Waals surface area contributed by atoms with Crippen LogP contribution in [0.1, 0.15) is 10.4 Å². The second kappa shape index (κ2) is 7.19. The van der Waals surface area contributed by atoms with Gasteiger partial charge in [-0.2, -0.15) is 0 Å². The van der Waals surface area contributed by atoms with Gasteiger partial charge < -0.3 is 15.2 Å². The topological polar surface area (TPSA) is 75.6 Å². The van der Waals surface area contributed by atoms with E-state index >= 15 is 0 Å². The maximum atomic E-state index is 13.4. The van der Waals surface area contributed by atoms with E-state index in [-0.39, 0.29) is 17.0 Å². The molecule has 2 aromatic carbocycles. The molecule has 5 nitrogen and oxygen atoms in total. The number of rotatable bonds is 4. The maximum absolute atomic E-state index is 13.4. The number of phenolic OH excluding ortho intramolecular Hbond substituents is 1. The van der Waals surface area contributed by atoms with E-state index in [1.807, 2.05) is 0 Å². The van der Waals surface area contributed by atoms with Crippen molar-refractivity contribution in [3.05, 3.63) is 58.1 Å². The first-order valence-electron chi connectivity index (χ1n) is 6.27. The zero-order chi connectivity index (χ0) is 17.0. The lowest BCUT2D eigenvalue weighted by molar-refractivity contribution is -0.119. The molecular weight excluding hydrogens is 376 g/mol. The second-order valence-corrected chi connectivity index (χ2v) is 5.33. The van der Waals surface area contributed by atoms with Crippen LogP contribution in [0.25, 0.3) is 0 Å². The number of esters is 1. The number of carbonyl (C=O) groups is 2. The van der Waals surface area contributed by atoms with Crippen molar-refractivity contribution in [1.29, 1.82) is 0 Å². The molecule has 0 aromatic heterocycles. The molecule has 0 fully saturated rings. The lowest BCUT2D eigenvalue weighted by atomic mass is 10.2. The first kappa shape index (κ1) is 16.9. The molecule has 2 rings (SSSR count). The van der Waals surface area contributed by atoms with Crippen molar-refractivity contribution >= 4 is 33.5 Å². The average Bonchev–Trinajstić information content (AvgIpc) is 2.50. The van der Waals surface area contributed by atoms with Crippen LogP contribution in [0.5, 0.6) is 5.75 Å². The third kappa shape index (κ3) is 4.49. The van der Waals surface area contributed by atoms with Gasteiger partial charge in [0.15, 0.2) is 6.61 Å². The van der Waals surface area contributed by atoms with E-state index < -0.39 is 30.1 Å². The number of anilines is 1. The molecular formula is C15H10BrF2NO4. The van der Waals surface area contributed by atoms with Crippen LogP contribution >= 0.6 is 15.9 Å². The van der Waals surface area contributed by atoms with E-state index in [2.05, 4.69) is 21.2 Å². The summed E-state index contributed by atoms with van der Waals surface area (Å²) in [6.07, 6.45) is 0. The molecule has 0 heterocycles. The summed E-state index contributed by atoms with van der Waals surface area (Å²) in [6.45, 7) is -0.693. The number of phenols is 1. The smallest absolute Gasteiger partial charge is 0.342 e. The highest BCUT2D eigenvalue weighted by Crippen LogP contribution is 2.22. The fraction of sp³-hybridized carbons (Fsp3) is 0.0667. The minimum Gasteiger partial charge on any atom is -0.507 e. The number of ether oxygens (including phenoxy) is 1. The Balaban J connectivity index is 1.96. The van der Waals surface area contributed by atoms with Crippen molar-refractivity contribution in [2.24, 2.45) is 0 Å². The molecule has 0 atom stereocenters. The van der Waals surface area contributed by atoms with E-state index in [0.717, 1.165) is 12.1 Å². The van der Waals surface area contributed by atoms with Crippen LogP contribution in [0, 0.1) is 11.6 Å². The predicted molar refractivity (Wildman–Crippen MR) is 81.1 cm³/mol. The van der Waals surface area contributed by atoms with Crippen LogP contribution in [-0.4, -0.2) is 23.6 Å². The van der Waals surface area contributed by atoms with Crippen LogP contribution in [-0.2, 0) is 9.53 Å². The van der Waals surface area contributed by atoms with E-state index in [9.17, 15) is 23.5 Å². The molecule has 0 radical (unpaired) electrons. The molecule has 0 saturated carbocycles. The summed E-state index contributed by atoms with van der Waals surface area (Å²) in [5.41, 5.74) is -0.363. The van der Waals surface area contributed by atoms with Crippen LogP contribution < -0.4 is 5.32 Å².